The van der Waals surface area contributed by atoms with Gasteiger partial charge in [-0.25, -0.2) is 0 Å². The number of hydrogen-bond donors (Lipinski definition) is 1. The summed E-state index contributed by atoms with van der Waals surface area (Å²) in [5.74, 6) is 0.574. The first-order chi connectivity index (χ1) is 7.96. The zero-order valence-corrected chi connectivity index (χ0v) is 11.4. The number of benzene rings is 1. The van der Waals surface area contributed by atoms with E-state index in [1.54, 1.807) is 0 Å². The van der Waals surface area contributed by atoms with Crippen LogP contribution in [0.3, 0.4) is 0 Å². The van der Waals surface area contributed by atoms with Crippen LogP contribution in [0.25, 0.3) is 0 Å². The number of nitrogens with one attached hydrogen (secondary N) is 1. The molecule has 0 atom stereocenters. The van der Waals surface area contributed by atoms with Gasteiger partial charge in [-0.05, 0) is 51.2 Å². The SMILES string of the molecule is CC(C)(C)ONC1CC(c2ccccc2Cl)C1. The lowest BCUT2D eigenvalue weighted by molar-refractivity contribution is -0.101. The fourth-order valence-corrected chi connectivity index (χ4v) is 2.32. The number of hydrogen-bond acceptors (Lipinski definition) is 2. The standard InChI is InChI=1S/C14H20ClNO/c1-14(2,3)17-16-11-8-10(9-11)12-6-4-5-7-13(12)15/h4-7,10-11,16H,8-9H2,1-3H3. The van der Waals surface area contributed by atoms with Crippen molar-refractivity contribution < 1.29 is 4.84 Å². The molecule has 0 saturated heterocycles. The zero-order valence-electron chi connectivity index (χ0n) is 10.7. The van der Waals surface area contributed by atoms with Gasteiger partial charge < -0.3 is 0 Å². The van der Waals surface area contributed by atoms with Crippen LogP contribution < -0.4 is 5.48 Å². The van der Waals surface area contributed by atoms with Gasteiger partial charge in [-0.2, -0.15) is 5.48 Å². The summed E-state index contributed by atoms with van der Waals surface area (Å²) >= 11 is 6.18. The van der Waals surface area contributed by atoms with Gasteiger partial charge in [0.15, 0.2) is 0 Å². The molecule has 1 aliphatic rings. The third-order valence-electron chi connectivity index (χ3n) is 3.01. The molecule has 0 aromatic heterocycles. The van der Waals surface area contributed by atoms with E-state index >= 15 is 0 Å². The topological polar surface area (TPSA) is 21.3 Å². The van der Waals surface area contributed by atoms with Gasteiger partial charge in [-0.15, -0.1) is 0 Å². The van der Waals surface area contributed by atoms with Gasteiger partial charge in [-0.3, -0.25) is 4.84 Å². The summed E-state index contributed by atoms with van der Waals surface area (Å²) in [5, 5.41) is 0.882. The predicted molar refractivity (Wildman–Crippen MR) is 71.2 cm³/mol. The molecule has 2 rings (SSSR count). The highest BCUT2D eigenvalue weighted by Crippen LogP contribution is 2.39. The van der Waals surface area contributed by atoms with Crippen LogP contribution in [-0.2, 0) is 4.84 Å². The molecule has 1 fully saturated rings. The lowest BCUT2D eigenvalue weighted by Crippen LogP contribution is -2.43. The molecule has 0 heterocycles. The second-order valence-electron chi connectivity index (χ2n) is 5.72. The summed E-state index contributed by atoms with van der Waals surface area (Å²) in [6.07, 6.45) is 2.19. The molecule has 0 amide bonds. The maximum absolute atomic E-state index is 6.18. The normalized spacial score (nSPS) is 24.5. The second-order valence-corrected chi connectivity index (χ2v) is 6.13. The Labute approximate surface area is 108 Å². The highest BCUT2D eigenvalue weighted by Gasteiger charge is 2.32. The van der Waals surface area contributed by atoms with E-state index in [0.717, 1.165) is 17.9 Å². The van der Waals surface area contributed by atoms with Gasteiger partial charge in [0.25, 0.3) is 0 Å². The van der Waals surface area contributed by atoms with Gasteiger partial charge >= 0.3 is 0 Å². The lowest BCUT2D eigenvalue weighted by atomic mass is 9.76. The molecule has 1 aliphatic carbocycles. The Balaban J connectivity index is 1.81. The molecular formula is C14H20ClNO. The molecule has 17 heavy (non-hydrogen) atoms. The summed E-state index contributed by atoms with van der Waals surface area (Å²) in [7, 11) is 0. The van der Waals surface area contributed by atoms with Gasteiger partial charge in [0.2, 0.25) is 0 Å². The van der Waals surface area contributed by atoms with E-state index in [1.807, 2.05) is 39.0 Å². The van der Waals surface area contributed by atoms with Crippen molar-refractivity contribution in [3.05, 3.63) is 34.9 Å². The molecule has 3 heteroatoms. The molecular weight excluding hydrogens is 234 g/mol. The molecule has 0 aliphatic heterocycles. The average molecular weight is 254 g/mol. The van der Waals surface area contributed by atoms with Crippen LogP contribution in [-0.4, -0.2) is 11.6 Å². The largest absolute Gasteiger partial charge is 0.296 e. The Hall–Kier alpha value is -0.570. The molecule has 1 aromatic carbocycles. The minimum atomic E-state index is -0.129. The van der Waals surface area contributed by atoms with Crippen molar-refractivity contribution in [3.8, 4) is 0 Å². The van der Waals surface area contributed by atoms with Crippen LogP contribution >= 0.6 is 11.6 Å². The molecule has 1 N–H and O–H groups in total. The summed E-state index contributed by atoms with van der Waals surface area (Å²) in [4.78, 5) is 5.56. The Morgan fingerprint density at radius 2 is 1.88 bits per heavy atom. The Kier molecular flexibility index (Phi) is 3.76. The minimum Gasteiger partial charge on any atom is -0.296 e. The van der Waals surface area contributed by atoms with Crippen LogP contribution in [0.1, 0.15) is 45.1 Å². The molecule has 2 nitrogen and oxygen atoms in total. The second kappa shape index (κ2) is 4.97. The van der Waals surface area contributed by atoms with Crippen molar-refractivity contribution in [2.75, 3.05) is 0 Å². The number of hydroxylamine groups is 1. The van der Waals surface area contributed by atoms with Crippen molar-refractivity contribution in [2.24, 2.45) is 0 Å². The smallest absolute Gasteiger partial charge is 0.0813 e. The Bertz CT molecular complexity index is 380. The number of rotatable bonds is 3. The van der Waals surface area contributed by atoms with Crippen molar-refractivity contribution in [2.45, 2.75) is 51.2 Å². The number of halogens is 1. The Morgan fingerprint density at radius 3 is 2.47 bits per heavy atom. The molecule has 0 radical (unpaired) electrons. The third kappa shape index (κ3) is 3.44. The fourth-order valence-electron chi connectivity index (χ4n) is 2.03. The fraction of sp³-hybridized carbons (Fsp3) is 0.571. The molecule has 0 spiro atoms. The average Bonchev–Trinajstić information content (AvgIpc) is 2.16. The zero-order chi connectivity index (χ0) is 12.5. The van der Waals surface area contributed by atoms with E-state index < -0.39 is 0 Å². The van der Waals surface area contributed by atoms with E-state index in [9.17, 15) is 0 Å². The highest BCUT2D eigenvalue weighted by molar-refractivity contribution is 6.31. The van der Waals surface area contributed by atoms with Crippen LogP contribution in [0.2, 0.25) is 5.02 Å². The quantitative estimate of drug-likeness (QED) is 0.825. The van der Waals surface area contributed by atoms with Crippen molar-refractivity contribution in [1.29, 1.82) is 0 Å². The lowest BCUT2D eigenvalue weighted by Gasteiger charge is -2.37. The van der Waals surface area contributed by atoms with Gasteiger partial charge in [0.1, 0.15) is 0 Å². The van der Waals surface area contributed by atoms with E-state index in [0.29, 0.717) is 12.0 Å². The van der Waals surface area contributed by atoms with Gasteiger partial charge in [0, 0.05) is 11.1 Å². The maximum atomic E-state index is 6.18. The predicted octanol–water partition coefficient (Wildman–Crippen LogP) is 3.91. The van der Waals surface area contributed by atoms with E-state index in [-0.39, 0.29) is 5.60 Å². The highest BCUT2D eigenvalue weighted by atomic mass is 35.5. The van der Waals surface area contributed by atoms with E-state index in [4.69, 9.17) is 16.4 Å². The molecule has 1 aromatic rings. The first-order valence-electron chi connectivity index (χ1n) is 6.13. The van der Waals surface area contributed by atoms with Crippen molar-refractivity contribution >= 4 is 11.6 Å². The van der Waals surface area contributed by atoms with E-state index in [2.05, 4.69) is 11.5 Å². The molecule has 1 saturated carbocycles. The Morgan fingerprint density at radius 1 is 1.24 bits per heavy atom. The monoisotopic (exact) mass is 253 g/mol. The molecule has 0 unspecified atom stereocenters. The van der Waals surface area contributed by atoms with Crippen LogP contribution in [0, 0.1) is 0 Å². The first kappa shape index (κ1) is 12.9. The minimum absolute atomic E-state index is 0.129. The van der Waals surface area contributed by atoms with Crippen LogP contribution in [0.5, 0.6) is 0 Å². The first-order valence-corrected chi connectivity index (χ1v) is 6.51. The van der Waals surface area contributed by atoms with Crippen molar-refractivity contribution in [3.63, 3.8) is 0 Å². The molecule has 0 bridgehead atoms. The van der Waals surface area contributed by atoms with E-state index in [1.165, 1.54) is 5.56 Å². The summed E-state index contributed by atoms with van der Waals surface area (Å²) in [6, 6.07) is 8.56. The van der Waals surface area contributed by atoms with Crippen molar-refractivity contribution in [1.82, 2.24) is 5.48 Å². The summed E-state index contributed by atoms with van der Waals surface area (Å²) in [6.45, 7) is 6.14. The third-order valence-corrected chi connectivity index (χ3v) is 3.36. The molecule has 94 valence electrons. The summed E-state index contributed by atoms with van der Waals surface area (Å²) in [5.41, 5.74) is 4.27. The van der Waals surface area contributed by atoms with Crippen LogP contribution in [0.4, 0.5) is 0 Å². The van der Waals surface area contributed by atoms with Crippen LogP contribution in [0.15, 0.2) is 24.3 Å². The summed E-state index contributed by atoms with van der Waals surface area (Å²) < 4.78 is 0. The van der Waals surface area contributed by atoms with Gasteiger partial charge in [0.05, 0.1) is 5.60 Å². The van der Waals surface area contributed by atoms with Gasteiger partial charge in [-0.1, -0.05) is 29.8 Å². The maximum Gasteiger partial charge on any atom is 0.0813 e.